The highest BCUT2D eigenvalue weighted by molar-refractivity contribution is 5.93. The van der Waals surface area contributed by atoms with E-state index in [1.54, 1.807) is 12.4 Å². The molecule has 2 aromatic rings. The first-order chi connectivity index (χ1) is 12.9. The topological polar surface area (TPSA) is 46.1 Å². The van der Waals surface area contributed by atoms with Crippen LogP contribution in [0.15, 0.2) is 30.6 Å². The molecule has 0 saturated carbocycles. The van der Waals surface area contributed by atoms with Crippen molar-refractivity contribution >= 4 is 5.91 Å². The van der Waals surface area contributed by atoms with Crippen LogP contribution in [0.25, 0.3) is 0 Å². The van der Waals surface area contributed by atoms with Gasteiger partial charge in [0, 0.05) is 37.5 Å². The number of hydrogen-bond acceptors (Lipinski definition) is 3. The van der Waals surface area contributed by atoms with Gasteiger partial charge in [-0.3, -0.25) is 4.79 Å². The number of piperidine rings is 1. The summed E-state index contributed by atoms with van der Waals surface area (Å²) in [7, 11) is 0. The maximum Gasteiger partial charge on any atom is 0.256 e. The minimum atomic E-state index is -0.559. The average Bonchev–Trinajstić information content (AvgIpc) is 2.67. The molecule has 27 heavy (non-hydrogen) atoms. The Hall–Kier alpha value is -2.37. The van der Waals surface area contributed by atoms with Gasteiger partial charge in [0.1, 0.15) is 17.5 Å². The van der Waals surface area contributed by atoms with Gasteiger partial charge in [0.2, 0.25) is 0 Å². The van der Waals surface area contributed by atoms with Crippen LogP contribution in [-0.2, 0) is 6.42 Å². The first kappa shape index (κ1) is 19.4. The fourth-order valence-corrected chi connectivity index (χ4v) is 3.50. The van der Waals surface area contributed by atoms with E-state index >= 15 is 0 Å². The highest BCUT2D eigenvalue weighted by atomic mass is 19.1. The fraction of sp³-hybridized carbons (Fsp3) is 0.476. The van der Waals surface area contributed by atoms with Crippen molar-refractivity contribution in [1.29, 1.82) is 0 Å². The van der Waals surface area contributed by atoms with Crippen molar-refractivity contribution in [3.05, 3.63) is 59.2 Å². The van der Waals surface area contributed by atoms with E-state index in [2.05, 4.69) is 9.97 Å². The lowest BCUT2D eigenvalue weighted by Gasteiger charge is -2.33. The summed E-state index contributed by atoms with van der Waals surface area (Å²) < 4.78 is 26.8. The summed E-state index contributed by atoms with van der Waals surface area (Å²) in [5, 5.41) is 0. The SMILES string of the molecule is CC(C)c1ncc(C(=O)N2CCC[C@@H](CCc3ccc(F)cc3F)C2)cn1. The van der Waals surface area contributed by atoms with Gasteiger partial charge in [-0.05, 0) is 43.2 Å². The van der Waals surface area contributed by atoms with Crippen molar-refractivity contribution in [2.45, 2.75) is 45.4 Å². The van der Waals surface area contributed by atoms with Gasteiger partial charge in [-0.1, -0.05) is 19.9 Å². The Labute approximate surface area is 158 Å². The van der Waals surface area contributed by atoms with Crippen molar-refractivity contribution in [2.24, 2.45) is 5.92 Å². The van der Waals surface area contributed by atoms with Crippen LogP contribution < -0.4 is 0 Å². The summed E-state index contributed by atoms with van der Waals surface area (Å²) in [6, 6.07) is 3.72. The molecule has 0 aliphatic carbocycles. The molecule has 6 heteroatoms. The monoisotopic (exact) mass is 373 g/mol. The van der Waals surface area contributed by atoms with Crippen LogP contribution in [0.3, 0.4) is 0 Å². The largest absolute Gasteiger partial charge is 0.338 e. The second-order valence-electron chi connectivity index (χ2n) is 7.52. The maximum atomic E-state index is 13.8. The van der Waals surface area contributed by atoms with Gasteiger partial charge in [-0.15, -0.1) is 0 Å². The third-order valence-electron chi connectivity index (χ3n) is 5.08. The average molecular weight is 373 g/mol. The summed E-state index contributed by atoms with van der Waals surface area (Å²) in [6.45, 7) is 5.38. The lowest BCUT2D eigenvalue weighted by molar-refractivity contribution is 0.0667. The molecule has 3 rings (SSSR count). The molecule has 144 valence electrons. The number of likely N-dealkylation sites (tertiary alicyclic amines) is 1. The highest BCUT2D eigenvalue weighted by Crippen LogP contribution is 2.24. The smallest absolute Gasteiger partial charge is 0.256 e. The molecular weight excluding hydrogens is 348 g/mol. The zero-order valence-corrected chi connectivity index (χ0v) is 15.8. The molecule has 1 aliphatic heterocycles. The number of hydrogen-bond donors (Lipinski definition) is 0. The van der Waals surface area contributed by atoms with Crippen molar-refractivity contribution in [1.82, 2.24) is 14.9 Å². The number of aromatic nitrogens is 2. The molecule has 0 bridgehead atoms. The quantitative estimate of drug-likeness (QED) is 0.782. The molecule has 1 atom stereocenters. The third kappa shape index (κ3) is 4.87. The number of rotatable bonds is 5. The van der Waals surface area contributed by atoms with Crippen LogP contribution in [0.4, 0.5) is 8.78 Å². The number of amides is 1. The molecule has 4 nitrogen and oxygen atoms in total. The van der Waals surface area contributed by atoms with Gasteiger partial charge in [-0.25, -0.2) is 18.7 Å². The number of nitrogens with zero attached hydrogens (tertiary/aromatic N) is 3. The van der Waals surface area contributed by atoms with E-state index in [0.29, 0.717) is 36.6 Å². The molecule has 0 N–H and O–H groups in total. The van der Waals surface area contributed by atoms with Gasteiger partial charge in [0.05, 0.1) is 5.56 Å². The first-order valence-electron chi connectivity index (χ1n) is 9.49. The zero-order valence-electron chi connectivity index (χ0n) is 15.8. The summed E-state index contributed by atoms with van der Waals surface area (Å²) in [6.07, 6.45) is 6.45. The molecule has 1 aromatic carbocycles. The molecule has 1 amide bonds. The number of benzene rings is 1. The number of carbonyl (C=O) groups excluding carboxylic acids is 1. The van der Waals surface area contributed by atoms with Gasteiger partial charge in [0.15, 0.2) is 0 Å². The van der Waals surface area contributed by atoms with Crippen LogP contribution in [-0.4, -0.2) is 33.9 Å². The number of halogens is 2. The van der Waals surface area contributed by atoms with Crippen LogP contribution in [0.2, 0.25) is 0 Å². The summed E-state index contributed by atoms with van der Waals surface area (Å²) >= 11 is 0. The normalized spacial score (nSPS) is 17.4. The van der Waals surface area contributed by atoms with Crippen molar-refractivity contribution < 1.29 is 13.6 Å². The van der Waals surface area contributed by atoms with Crippen molar-refractivity contribution in [3.63, 3.8) is 0 Å². The lowest BCUT2D eigenvalue weighted by Crippen LogP contribution is -2.40. The summed E-state index contributed by atoms with van der Waals surface area (Å²) in [5.41, 5.74) is 1.03. The molecule has 0 spiro atoms. The van der Waals surface area contributed by atoms with Gasteiger partial charge in [-0.2, -0.15) is 0 Å². The number of aryl methyl sites for hydroxylation is 1. The third-order valence-corrected chi connectivity index (χ3v) is 5.08. The van der Waals surface area contributed by atoms with E-state index in [1.165, 1.54) is 12.1 Å². The maximum absolute atomic E-state index is 13.8. The second-order valence-corrected chi connectivity index (χ2v) is 7.52. The number of carbonyl (C=O) groups is 1. The van der Waals surface area contributed by atoms with Gasteiger partial charge in [0.25, 0.3) is 5.91 Å². The Morgan fingerprint density at radius 2 is 2.00 bits per heavy atom. The molecule has 1 saturated heterocycles. The standard InChI is InChI=1S/C21H25F2N3O/c1-14(2)20-24-11-17(12-25-20)21(27)26-9-3-4-15(13-26)5-6-16-7-8-18(22)10-19(16)23/h7-8,10-12,14-15H,3-6,9,13H2,1-2H3/t15-/m0/s1. The predicted octanol–water partition coefficient (Wildman–Crippen LogP) is 4.36. The van der Waals surface area contributed by atoms with E-state index in [0.717, 1.165) is 31.2 Å². The van der Waals surface area contributed by atoms with Crippen LogP contribution >= 0.6 is 0 Å². The molecule has 0 radical (unpaired) electrons. The van der Waals surface area contributed by atoms with Crippen molar-refractivity contribution in [2.75, 3.05) is 13.1 Å². The molecule has 1 aromatic heterocycles. The molecular formula is C21H25F2N3O. The van der Waals surface area contributed by atoms with E-state index in [-0.39, 0.29) is 11.8 Å². The highest BCUT2D eigenvalue weighted by Gasteiger charge is 2.25. The molecule has 1 fully saturated rings. The molecule has 1 aliphatic rings. The second kappa shape index (κ2) is 8.55. The van der Waals surface area contributed by atoms with Gasteiger partial charge >= 0.3 is 0 Å². The van der Waals surface area contributed by atoms with Crippen LogP contribution in [0, 0.1) is 17.6 Å². The Kier molecular flexibility index (Phi) is 6.14. The van der Waals surface area contributed by atoms with E-state index < -0.39 is 11.6 Å². The lowest BCUT2D eigenvalue weighted by atomic mass is 9.91. The minimum absolute atomic E-state index is 0.0528. The van der Waals surface area contributed by atoms with Crippen molar-refractivity contribution in [3.8, 4) is 0 Å². The van der Waals surface area contributed by atoms with E-state index in [1.807, 2.05) is 18.7 Å². The van der Waals surface area contributed by atoms with Gasteiger partial charge < -0.3 is 4.90 Å². The molecule has 0 unspecified atom stereocenters. The fourth-order valence-electron chi connectivity index (χ4n) is 3.50. The van der Waals surface area contributed by atoms with Crippen LogP contribution in [0.5, 0.6) is 0 Å². The predicted molar refractivity (Wildman–Crippen MR) is 99.4 cm³/mol. The first-order valence-corrected chi connectivity index (χ1v) is 9.49. The summed E-state index contributed by atoms with van der Waals surface area (Å²) in [4.78, 5) is 23.1. The Balaban J connectivity index is 1.59. The zero-order chi connectivity index (χ0) is 19.4. The Morgan fingerprint density at radius 1 is 1.26 bits per heavy atom. The summed E-state index contributed by atoms with van der Waals surface area (Å²) in [5.74, 6) is 0.147. The van der Waals surface area contributed by atoms with Crippen LogP contribution in [0.1, 0.15) is 60.8 Å². The molecule has 2 heterocycles. The minimum Gasteiger partial charge on any atom is -0.338 e. The van der Waals surface area contributed by atoms with E-state index in [9.17, 15) is 13.6 Å². The Morgan fingerprint density at radius 3 is 2.67 bits per heavy atom. The van der Waals surface area contributed by atoms with E-state index in [4.69, 9.17) is 0 Å². The Bertz CT molecular complexity index is 793.